The quantitative estimate of drug-likeness (QED) is 0.736. The first kappa shape index (κ1) is 18.2. The van der Waals surface area contributed by atoms with Crippen molar-refractivity contribution in [1.29, 1.82) is 0 Å². The molecular weight excluding hydrogens is 368 g/mol. The van der Waals surface area contributed by atoms with Gasteiger partial charge in [0.05, 0.1) is 11.2 Å². The van der Waals surface area contributed by atoms with Crippen molar-refractivity contribution in [2.75, 3.05) is 26.3 Å². The summed E-state index contributed by atoms with van der Waals surface area (Å²) in [4.78, 5) is 6.97. The van der Waals surface area contributed by atoms with E-state index in [-0.39, 0.29) is 6.10 Å². The predicted molar refractivity (Wildman–Crippen MR) is 109 cm³/mol. The van der Waals surface area contributed by atoms with Gasteiger partial charge < -0.3 is 19.3 Å². The fourth-order valence-electron chi connectivity index (χ4n) is 3.98. The number of rotatable bonds is 4. The van der Waals surface area contributed by atoms with Crippen molar-refractivity contribution < 1.29 is 19.3 Å². The summed E-state index contributed by atoms with van der Waals surface area (Å²) in [5, 5.41) is 11.8. The third kappa shape index (κ3) is 3.86. The smallest absolute Gasteiger partial charge is 0.203 e. The molecule has 0 bridgehead atoms. The normalized spacial score (nSPS) is 21.8. The minimum absolute atomic E-state index is 0.271. The number of piperidine rings is 1. The van der Waals surface area contributed by atoms with E-state index in [0.717, 1.165) is 29.6 Å². The molecule has 0 radical (unpaired) electrons. The van der Waals surface area contributed by atoms with E-state index in [4.69, 9.17) is 19.2 Å². The highest BCUT2D eigenvalue weighted by Gasteiger charge is 2.31. The van der Waals surface area contributed by atoms with Gasteiger partial charge in [0.1, 0.15) is 25.4 Å². The number of nitrogens with zero attached hydrogens (tertiary/aromatic N) is 2. The van der Waals surface area contributed by atoms with Crippen molar-refractivity contribution in [3.63, 3.8) is 0 Å². The summed E-state index contributed by atoms with van der Waals surface area (Å²) in [5.74, 6) is 1.97. The van der Waals surface area contributed by atoms with Gasteiger partial charge in [-0.1, -0.05) is 30.3 Å². The van der Waals surface area contributed by atoms with Gasteiger partial charge in [0.25, 0.3) is 0 Å². The van der Waals surface area contributed by atoms with Gasteiger partial charge in [-0.15, -0.1) is 0 Å². The number of hydrogen-bond acceptors (Lipinski definition) is 6. The fraction of sp³-hybridized carbons (Fsp3) is 0.348. The number of aliphatic hydroxyl groups is 1. The zero-order valence-corrected chi connectivity index (χ0v) is 16.2. The molecule has 0 saturated carbocycles. The minimum Gasteiger partial charge on any atom is -0.486 e. The summed E-state index contributed by atoms with van der Waals surface area (Å²) in [6.07, 6.45) is -0.114. The second-order valence-corrected chi connectivity index (χ2v) is 7.52. The zero-order chi connectivity index (χ0) is 19.6. The first-order chi connectivity index (χ1) is 14.3. The Balaban J connectivity index is 1.24. The molecule has 0 amide bonds. The van der Waals surface area contributed by atoms with E-state index < -0.39 is 6.10 Å². The lowest BCUT2D eigenvalue weighted by atomic mass is 10.0. The Morgan fingerprint density at radius 3 is 2.86 bits per heavy atom. The number of β-amino-alcohol motifs (C(OH)–C–C–N with tert-alkyl or cyclic N) is 1. The standard InChI is InChI=1S/C23H24N2O4/c26-19-15-25(14-17-9-8-16-4-1-2-5-18(16)24-17)11-10-20(19)29-22-7-3-6-21-23(22)28-13-12-27-21/h1-9,19-20,26H,10-15H2/t19-,20-/m1/s1. The van der Waals surface area contributed by atoms with Crippen LogP contribution in [-0.4, -0.2) is 53.5 Å². The van der Waals surface area contributed by atoms with E-state index >= 15 is 0 Å². The van der Waals surface area contributed by atoms with Crippen LogP contribution < -0.4 is 14.2 Å². The van der Waals surface area contributed by atoms with Crippen LogP contribution in [0.15, 0.2) is 54.6 Å². The van der Waals surface area contributed by atoms with Crippen molar-refractivity contribution in [2.24, 2.45) is 0 Å². The predicted octanol–water partition coefficient (Wildman–Crippen LogP) is 3.02. The number of benzene rings is 2. The van der Waals surface area contributed by atoms with Crippen molar-refractivity contribution in [3.05, 3.63) is 60.3 Å². The van der Waals surface area contributed by atoms with Crippen LogP contribution in [-0.2, 0) is 6.54 Å². The molecule has 3 heterocycles. The summed E-state index contributed by atoms with van der Waals surface area (Å²) >= 11 is 0. The first-order valence-corrected chi connectivity index (χ1v) is 10.1. The number of aromatic nitrogens is 1. The molecule has 1 saturated heterocycles. The molecule has 6 heteroatoms. The summed E-state index contributed by atoms with van der Waals surface area (Å²) in [5.41, 5.74) is 2.01. The number of ether oxygens (including phenoxy) is 3. The Morgan fingerprint density at radius 1 is 1.03 bits per heavy atom. The third-order valence-corrected chi connectivity index (χ3v) is 5.45. The van der Waals surface area contributed by atoms with Gasteiger partial charge in [-0.3, -0.25) is 9.88 Å². The topological polar surface area (TPSA) is 64.1 Å². The van der Waals surface area contributed by atoms with Gasteiger partial charge in [0.15, 0.2) is 11.5 Å². The van der Waals surface area contributed by atoms with Crippen LogP contribution in [0, 0.1) is 0 Å². The number of fused-ring (bicyclic) bond motifs is 2. The first-order valence-electron chi connectivity index (χ1n) is 10.1. The third-order valence-electron chi connectivity index (χ3n) is 5.45. The molecule has 1 N–H and O–H groups in total. The summed E-state index contributed by atoms with van der Waals surface area (Å²) in [6, 6.07) is 17.9. The van der Waals surface area contributed by atoms with Crippen LogP contribution in [0.25, 0.3) is 10.9 Å². The fourth-order valence-corrected chi connectivity index (χ4v) is 3.98. The summed E-state index contributed by atoms with van der Waals surface area (Å²) in [7, 11) is 0. The molecule has 3 aromatic rings. The molecule has 1 aromatic heterocycles. The number of aliphatic hydroxyl groups excluding tert-OH is 1. The van der Waals surface area contributed by atoms with Gasteiger partial charge in [-0.05, 0) is 30.7 Å². The second-order valence-electron chi connectivity index (χ2n) is 7.52. The zero-order valence-electron chi connectivity index (χ0n) is 16.2. The highest BCUT2D eigenvalue weighted by atomic mass is 16.6. The molecule has 1 fully saturated rings. The average Bonchev–Trinajstić information content (AvgIpc) is 2.76. The van der Waals surface area contributed by atoms with Crippen molar-refractivity contribution >= 4 is 10.9 Å². The maximum Gasteiger partial charge on any atom is 0.203 e. The summed E-state index contributed by atoms with van der Waals surface area (Å²) < 4.78 is 17.5. The molecule has 29 heavy (non-hydrogen) atoms. The van der Waals surface area contributed by atoms with Crippen LogP contribution in [0.2, 0.25) is 0 Å². The molecule has 0 spiro atoms. The van der Waals surface area contributed by atoms with Crippen LogP contribution in [0.1, 0.15) is 12.1 Å². The van der Waals surface area contributed by atoms with Gasteiger partial charge in [-0.2, -0.15) is 0 Å². The van der Waals surface area contributed by atoms with Crippen LogP contribution in [0.4, 0.5) is 0 Å². The van der Waals surface area contributed by atoms with Crippen LogP contribution in [0.3, 0.4) is 0 Å². The number of likely N-dealkylation sites (tertiary alicyclic amines) is 1. The monoisotopic (exact) mass is 392 g/mol. The number of hydrogen-bond donors (Lipinski definition) is 1. The van der Waals surface area contributed by atoms with E-state index in [1.165, 1.54) is 0 Å². The Labute approximate surface area is 169 Å². The Kier molecular flexibility index (Phi) is 4.96. The van der Waals surface area contributed by atoms with Gasteiger partial charge >= 0.3 is 0 Å². The SMILES string of the molecule is O[C@@H]1CN(Cc2ccc3ccccc3n2)CC[C@H]1Oc1cccc2c1OCCO2. The highest BCUT2D eigenvalue weighted by molar-refractivity contribution is 5.78. The largest absolute Gasteiger partial charge is 0.486 e. The molecule has 2 aromatic carbocycles. The Bertz CT molecular complexity index is 1010. The van der Waals surface area contributed by atoms with Gasteiger partial charge in [0, 0.05) is 25.0 Å². The Hall–Kier alpha value is -2.83. The lowest BCUT2D eigenvalue weighted by Crippen LogP contribution is -2.48. The van der Waals surface area contributed by atoms with E-state index in [9.17, 15) is 5.11 Å². The lowest BCUT2D eigenvalue weighted by molar-refractivity contribution is -0.0293. The molecule has 2 aliphatic rings. The maximum absolute atomic E-state index is 10.7. The molecule has 0 unspecified atom stereocenters. The number of para-hydroxylation sites is 2. The van der Waals surface area contributed by atoms with E-state index in [2.05, 4.69) is 23.1 Å². The summed E-state index contributed by atoms with van der Waals surface area (Å²) in [6.45, 7) is 3.15. The molecule has 150 valence electrons. The van der Waals surface area contributed by atoms with Gasteiger partial charge in [-0.25, -0.2) is 0 Å². The van der Waals surface area contributed by atoms with E-state index in [0.29, 0.717) is 43.6 Å². The molecule has 0 aliphatic carbocycles. The molecule has 2 atom stereocenters. The van der Waals surface area contributed by atoms with Crippen molar-refractivity contribution in [2.45, 2.75) is 25.2 Å². The van der Waals surface area contributed by atoms with Crippen LogP contribution >= 0.6 is 0 Å². The Morgan fingerprint density at radius 2 is 1.93 bits per heavy atom. The molecular formula is C23H24N2O4. The van der Waals surface area contributed by atoms with Crippen molar-refractivity contribution in [3.8, 4) is 17.2 Å². The lowest BCUT2D eigenvalue weighted by Gasteiger charge is -2.36. The maximum atomic E-state index is 10.7. The van der Waals surface area contributed by atoms with E-state index in [1.54, 1.807) is 0 Å². The molecule has 5 rings (SSSR count). The molecule has 2 aliphatic heterocycles. The van der Waals surface area contributed by atoms with Gasteiger partial charge in [0.2, 0.25) is 5.75 Å². The minimum atomic E-state index is -0.579. The second kappa shape index (κ2) is 7.89. The number of pyridine rings is 1. The average molecular weight is 392 g/mol. The molecule has 6 nitrogen and oxygen atoms in total. The highest BCUT2D eigenvalue weighted by Crippen LogP contribution is 2.40. The van der Waals surface area contributed by atoms with Crippen molar-refractivity contribution in [1.82, 2.24) is 9.88 Å². The van der Waals surface area contributed by atoms with Crippen LogP contribution in [0.5, 0.6) is 17.2 Å². The van der Waals surface area contributed by atoms with E-state index in [1.807, 2.05) is 36.4 Å².